The summed E-state index contributed by atoms with van der Waals surface area (Å²) in [6, 6.07) is 8.48. The maximum Gasteiger partial charge on any atom is 0.416 e. The summed E-state index contributed by atoms with van der Waals surface area (Å²) < 4.78 is 53.7. The molecule has 174 valence electrons. The lowest BCUT2D eigenvalue weighted by Gasteiger charge is -2.13. The molecule has 1 saturated heterocycles. The Balaban J connectivity index is 1.76. The molecule has 10 heteroatoms. The fourth-order valence-electron chi connectivity index (χ4n) is 3.29. The van der Waals surface area contributed by atoms with Gasteiger partial charge in [-0.2, -0.15) is 13.2 Å². The number of thioether (sulfide) groups is 1. The molecule has 1 fully saturated rings. The predicted octanol–water partition coefficient (Wildman–Crippen LogP) is 6.36. The number of thiocarbonyl (C=S) groups is 1. The highest BCUT2D eigenvalue weighted by Gasteiger charge is 2.32. The number of halogens is 4. The van der Waals surface area contributed by atoms with Gasteiger partial charge in [-0.1, -0.05) is 48.6 Å². The van der Waals surface area contributed by atoms with Gasteiger partial charge in [-0.15, -0.1) is 0 Å². The number of alkyl halides is 3. The second-order valence-corrected chi connectivity index (χ2v) is 9.03. The second kappa shape index (κ2) is 10.5. The molecule has 0 atom stereocenters. The summed E-state index contributed by atoms with van der Waals surface area (Å²) in [4.78, 5) is 25.1. The van der Waals surface area contributed by atoms with Crippen molar-refractivity contribution in [2.24, 2.45) is 0 Å². The Bertz CT molecular complexity index is 1120. The molecule has 3 rings (SSSR count). The topological polar surface area (TPSA) is 57.6 Å². The molecule has 0 bridgehead atoms. The maximum atomic E-state index is 14.3. The van der Waals surface area contributed by atoms with E-state index in [1.54, 1.807) is 18.2 Å². The Morgan fingerprint density at radius 2 is 1.88 bits per heavy atom. The lowest BCUT2D eigenvalue weighted by Crippen LogP contribution is -2.29. The van der Waals surface area contributed by atoms with Crippen LogP contribution in [0, 0.1) is 5.82 Å². The molecular weight excluding hydrogens is 478 g/mol. The molecule has 1 aliphatic rings. The molecule has 0 aliphatic carbocycles. The minimum Gasteiger partial charge on any atom is -0.481 e. The summed E-state index contributed by atoms with van der Waals surface area (Å²) in [5, 5.41) is 8.67. The highest BCUT2D eigenvalue weighted by atomic mass is 32.2. The lowest BCUT2D eigenvalue weighted by molar-refractivity contribution is -0.138. The molecule has 0 spiro atoms. The first-order valence-corrected chi connectivity index (χ1v) is 11.2. The van der Waals surface area contributed by atoms with Crippen molar-refractivity contribution in [2.75, 3.05) is 6.54 Å². The number of nitrogens with zero attached hydrogens (tertiary/aromatic N) is 1. The third kappa shape index (κ3) is 6.42. The van der Waals surface area contributed by atoms with Gasteiger partial charge >= 0.3 is 12.1 Å². The van der Waals surface area contributed by atoms with Gasteiger partial charge < -0.3 is 5.11 Å². The number of hydrogen-bond acceptors (Lipinski definition) is 4. The fourth-order valence-corrected chi connectivity index (χ4v) is 4.59. The van der Waals surface area contributed by atoms with Crippen molar-refractivity contribution in [1.29, 1.82) is 0 Å². The van der Waals surface area contributed by atoms with Gasteiger partial charge in [-0.25, -0.2) is 4.39 Å². The zero-order valence-corrected chi connectivity index (χ0v) is 18.8. The second-order valence-electron chi connectivity index (χ2n) is 7.36. The minimum atomic E-state index is -4.60. The number of aliphatic carboxylic acids is 1. The van der Waals surface area contributed by atoms with Gasteiger partial charge in [-0.05, 0) is 54.3 Å². The van der Waals surface area contributed by atoms with Crippen LogP contribution < -0.4 is 0 Å². The summed E-state index contributed by atoms with van der Waals surface area (Å²) >= 11 is 6.38. The number of unbranched alkanes of at least 4 members (excludes halogenated alkanes) is 2. The van der Waals surface area contributed by atoms with Gasteiger partial charge in [0.1, 0.15) is 10.1 Å². The van der Waals surface area contributed by atoms with Gasteiger partial charge in [0.05, 0.1) is 10.5 Å². The SMILES string of the molecule is O=C(O)CCCCCN1C(=O)C(=Cc2cccc(-c3cc(C(F)(F)F)ccc3F)c2)SC1=S. The lowest BCUT2D eigenvalue weighted by atomic mass is 10.00. The molecule has 1 amide bonds. The van der Waals surface area contributed by atoms with Crippen LogP contribution in [-0.2, 0) is 15.8 Å². The molecule has 2 aromatic carbocycles. The van der Waals surface area contributed by atoms with Crippen molar-refractivity contribution < 1.29 is 32.3 Å². The highest BCUT2D eigenvalue weighted by Crippen LogP contribution is 2.35. The number of carboxylic acids is 1. The summed E-state index contributed by atoms with van der Waals surface area (Å²) in [5.41, 5.74) is -0.366. The van der Waals surface area contributed by atoms with Crippen LogP contribution in [0.4, 0.5) is 17.6 Å². The quantitative estimate of drug-likeness (QED) is 0.199. The van der Waals surface area contributed by atoms with Crippen LogP contribution in [-0.4, -0.2) is 32.7 Å². The summed E-state index contributed by atoms with van der Waals surface area (Å²) in [6.45, 7) is 0.372. The number of carbonyl (C=O) groups excluding carboxylic acids is 1. The average molecular weight is 498 g/mol. The molecule has 1 aliphatic heterocycles. The summed E-state index contributed by atoms with van der Waals surface area (Å²) in [7, 11) is 0. The van der Waals surface area contributed by atoms with Crippen molar-refractivity contribution in [3.8, 4) is 11.1 Å². The van der Waals surface area contributed by atoms with Gasteiger partial charge in [0, 0.05) is 18.5 Å². The minimum absolute atomic E-state index is 0.0705. The number of carbonyl (C=O) groups is 2. The normalized spacial score (nSPS) is 15.5. The molecule has 0 aromatic heterocycles. The van der Waals surface area contributed by atoms with Gasteiger partial charge in [0.25, 0.3) is 5.91 Å². The zero-order chi connectivity index (χ0) is 24.2. The van der Waals surface area contributed by atoms with Crippen LogP contribution in [0.25, 0.3) is 17.2 Å². The van der Waals surface area contributed by atoms with E-state index in [0.29, 0.717) is 46.7 Å². The van der Waals surface area contributed by atoms with E-state index in [1.165, 1.54) is 17.0 Å². The first kappa shape index (κ1) is 24.9. The van der Waals surface area contributed by atoms with E-state index in [2.05, 4.69) is 0 Å². The molecule has 1 heterocycles. The largest absolute Gasteiger partial charge is 0.481 e. The van der Waals surface area contributed by atoms with Crippen LogP contribution in [0.3, 0.4) is 0 Å². The van der Waals surface area contributed by atoms with Crippen LogP contribution in [0.15, 0.2) is 47.4 Å². The Labute approximate surface area is 197 Å². The zero-order valence-electron chi connectivity index (χ0n) is 17.2. The van der Waals surface area contributed by atoms with Crippen LogP contribution in [0.2, 0.25) is 0 Å². The smallest absolute Gasteiger partial charge is 0.416 e. The standard InChI is InChI=1S/C23H19F4NO3S2/c24-18-9-8-16(23(25,26)27)13-17(18)15-6-4-5-14(11-15)12-19-21(31)28(22(32)33-19)10-3-1-2-7-20(29)30/h4-6,8-9,11-13H,1-3,7,10H2,(H,29,30). The van der Waals surface area contributed by atoms with Crippen LogP contribution in [0.5, 0.6) is 0 Å². The predicted molar refractivity (Wildman–Crippen MR) is 123 cm³/mol. The van der Waals surface area contributed by atoms with Gasteiger partial charge in [0.2, 0.25) is 0 Å². The molecule has 2 aromatic rings. The number of carboxylic acid groups (broad SMARTS) is 1. The molecule has 0 radical (unpaired) electrons. The molecule has 1 N–H and O–H groups in total. The monoisotopic (exact) mass is 497 g/mol. The van der Waals surface area contributed by atoms with Crippen molar-refractivity contribution >= 4 is 46.3 Å². The first-order chi connectivity index (χ1) is 15.6. The summed E-state index contributed by atoms with van der Waals surface area (Å²) in [5.74, 6) is -1.94. The van der Waals surface area contributed by atoms with E-state index in [-0.39, 0.29) is 23.5 Å². The van der Waals surface area contributed by atoms with E-state index in [1.807, 2.05) is 0 Å². The van der Waals surface area contributed by atoms with E-state index in [0.717, 1.165) is 23.9 Å². The Morgan fingerprint density at radius 3 is 2.58 bits per heavy atom. The highest BCUT2D eigenvalue weighted by molar-refractivity contribution is 8.26. The number of rotatable bonds is 8. The van der Waals surface area contributed by atoms with Gasteiger partial charge in [-0.3, -0.25) is 14.5 Å². The third-order valence-corrected chi connectivity index (χ3v) is 6.31. The third-order valence-electron chi connectivity index (χ3n) is 4.94. The van der Waals surface area contributed by atoms with Crippen molar-refractivity contribution in [3.05, 3.63) is 64.3 Å². The average Bonchev–Trinajstić information content (AvgIpc) is 3.00. The van der Waals surface area contributed by atoms with Crippen LogP contribution >= 0.6 is 24.0 Å². The fraction of sp³-hybridized carbons (Fsp3) is 0.261. The molecular formula is C23H19F4NO3S2. The van der Waals surface area contributed by atoms with Crippen molar-refractivity contribution in [1.82, 2.24) is 4.90 Å². The van der Waals surface area contributed by atoms with Gasteiger partial charge in [0.15, 0.2) is 0 Å². The van der Waals surface area contributed by atoms with E-state index < -0.39 is 23.5 Å². The number of amides is 1. The van der Waals surface area contributed by atoms with Crippen LogP contribution in [0.1, 0.15) is 36.8 Å². The number of benzene rings is 2. The summed E-state index contributed by atoms with van der Waals surface area (Å²) in [6.07, 6.45) is -1.19. The van der Waals surface area contributed by atoms with E-state index in [9.17, 15) is 27.2 Å². The molecule has 0 saturated carbocycles. The van der Waals surface area contributed by atoms with Crippen molar-refractivity contribution in [2.45, 2.75) is 31.9 Å². The Hall–Kier alpha value is -2.72. The van der Waals surface area contributed by atoms with Crippen molar-refractivity contribution in [3.63, 3.8) is 0 Å². The Kier molecular flexibility index (Phi) is 7.91. The molecule has 0 unspecified atom stereocenters. The number of hydrogen-bond donors (Lipinski definition) is 1. The molecule has 4 nitrogen and oxygen atoms in total. The first-order valence-electron chi connectivity index (χ1n) is 10.0. The van der Waals surface area contributed by atoms with E-state index in [4.69, 9.17) is 17.3 Å². The van der Waals surface area contributed by atoms with E-state index >= 15 is 0 Å². The maximum absolute atomic E-state index is 14.3. The molecule has 33 heavy (non-hydrogen) atoms. The Morgan fingerprint density at radius 1 is 1.12 bits per heavy atom.